The number of halogens is 1. The van der Waals surface area contributed by atoms with Crippen molar-refractivity contribution in [3.8, 4) is 11.3 Å². The number of amides is 1. The molecule has 0 aliphatic carbocycles. The van der Waals surface area contributed by atoms with Gasteiger partial charge in [0.15, 0.2) is 0 Å². The zero-order valence-corrected chi connectivity index (χ0v) is 17.9. The largest absolute Gasteiger partial charge is 0.356 e. The second-order valence-corrected chi connectivity index (χ2v) is 8.30. The Kier molecular flexibility index (Phi) is 6.26. The minimum absolute atomic E-state index is 0.0226. The number of carbonyl (C=O) groups is 1. The van der Waals surface area contributed by atoms with E-state index in [-0.39, 0.29) is 17.6 Å². The van der Waals surface area contributed by atoms with Crippen LogP contribution in [-0.4, -0.2) is 29.0 Å². The summed E-state index contributed by atoms with van der Waals surface area (Å²) in [7, 11) is 0. The van der Waals surface area contributed by atoms with E-state index >= 15 is 0 Å². The van der Waals surface area contributed by atoms with Crippen LogP contribution >= 0.6 is 0 Å². The molecule has 0 spiro atoms. The first-order chi connectivity index (χ1) is 15.0. The Labute approximate surface area is 182 Å². The fraction of sp³-hybridized carbons (Fsp3) is 0.320. The van der Waals surface area contributed by atoms with Crippen molar-refractivity contribution in [2.24, 2.45) is 5.92 Å². The Morgan fingerprint density at radius 3 is 2.48 bits per heavy atom. The van der Waals surface area contributed by atoms with E-state index < -0.39 is 0 Å². The molecule has 0 radical (unpaired) electrons. The van der Waals surface area contributed by atoms with Gasteiger partial charge in [0.25, 0.3) is 0 Å². The number of piperidine rings is 1. The molecule has 2 aromatic carbocycles. The highest BCUT2D eigenvalue weighted by molar-refractivity contribution is 5.92. The summed E-state index contributed by atoms with van der Waals surface area (Å²) in [5.41, 5.74) is 3.51. The molecule has 0 unspecified atom stereocenters. The van der Waals surface area contributed by atoms with Gasteiger partial charge in [-0.25, -0.2) is 14.4 Å². The highest BCUT2D eigenvalue weighted by atomic mass is 19.1. The maximum atomic E-state index is 13.5. The van der Waals surface area contributed by atoms with Crippen LogP contribution < -0.4 is 10.2 Å². The second-order valence-electron chi connectivity index (χ2n) is 8.30. The van der Waals surface area contributed by atoms with E-state index in [4.69, 9.17) is 0 Å². The lowest BCUT2D eigenvalue weighted by Gasteiger charge is -2.32. The minimum Gasteiger partial charge on any atom is -0.356 e. The topological polar surface area (TPSA) is 58.1 Å². The standard InChI is InChI=1S/C25H27FN4O/c1-17(2)18-6-8-22(9-7-18)29-25(31)19-10-12-30(13-11-19)24-15-23(27-16-28-24)20-4-3-5-21(26)14-20/h3-9,14-17,19H,10-13H2,1-2H3,(H,29,31). The molecular weight excluding hydrogens is 391 g/mol. The van der Waals surface area contributed by atoms with Crippen LogP contribution in [0.4, 0.5) is 15.9 Å². The lowest BCUT2D eigenvalue weighted by Crippen LogP contribution is -2.38. The highest BCUT2D eigenvalue weighted by Gasteiger charge is 2.26. The fourth-order valence-electron chi connectivity index (χ4n) is 3.89. The Bertz CT molecular complexity index is 1040. The van der Waals surface area contributed by atoms with Crippen molar-refractivity contribution in [3.05, 3.63) is 72.3 Å². The predicted octanol–water partition coefficient (Wildman–Crippen LogP) is 5.26. The molecule has 1 fully saturated rings. The Morgan fingerprint density at radius 2 is 1.81 bits per heavy atom. The summed E-state index contributed by atoms with van der Waals surface area (Å²) in [6, 6.07) is 16.3. The lowest BCUT2D eigenvalue weighted by atomic mass is 9.95. The van der Waals surface area contributed by atoms with Crippen LogP contribution in [0, 0.1) is 11.7 Å². The third kappa shape index (κ3) is 5.08. The van der Waals surface area contributed by atoms with Crippen LogP contribution in [-0.2, 0) is 4.79 Å². The van der Waals surface area contributed by atoms with E-state index in [0.717, 1.165) is 43.0 Å². The van der Waals surface area contributed by atoms with Gasteiger partial charge in [-0.05, 0) is 48.6 Å². The predicted molar refractivity (Wildman–Crippen MR) is 122 cm³/mol. The number of nitrogens with one attached hydrogen (secondary N) is 1. The molecule has 2 heterocycles. The number of nitrogens with zero attached hydrogens (tertiary/aromatic N) is 3. The minimum atomic E-state index is -0.289. The Morgan fingerprint density at radius 1 is 1.06 bits per heavy atom. The van der Waals surface area contributed by atoms with Gasteiger partial charge >= 0.3 is 0 Å². The van der Waals surface area contributed by atoms with E-state index in [1.165, 1.54) is 24.0 Å². The molecule has 1 aromatic heterocycles. The molecule has 4 rings (SSSR count). The van der Waals surface area contributed by atoms with Crippen LogP contribution in [0.3, 0.4) is 0 Å². The summed E-state index contributed by atoms with van der Waals surface area (Å²) in [6.45, 7) is 5.79. The zero-order valence-electron chi connectivity index (χ0n) is 17.9. The molecule has 1 amide bonds. The molecule has 0 atom stereocenters. The summed E-state index contributed by atoms with van der Waals surface area (Å²) < 4.78 is 13.5. The van der Waals surface area contributed by atoms with Crippen LogP contribution in [0.25, 0.3) is 11.3 Å². The molecule has 3 aromatic rings. The van der Waals surface area contributed by atoms with Crippen LogP contribution in [0.1, 0.15) is 38.2 Å². The Hall–Kier alpha value is -3.28. The maximum Gasteiger partial charge on any atom is 0.227 e. The number of rotatable bonds is 5. The van der Waals surface area contributed by atoms with Crippen molar-refractivity contribution in [3.63, 3.8) is 0 Å². The van der Waals surface area contributed by atoms with Crippen LogP contribution in [0.2, 0.25) is 0 Å². The fourth-order valence-corrected chi connectivity index (χ4v) is 3.89. The van der Waals surface area contributed by atoms with Gasteiger partial charge < -0.3 is 10.2 Å². The van der Waals surface area contributed by atoms with Gasteiger partial charge in [0.05, 0.1) is 5.69 Å². The van der Waals surface area contributed by atoms with E-state index in [1.54, 1.807) is 6.07 Å². The molecule has 1 N–H and O–H groups in total. The quantitative estimate of drug-likeness (QED) is 0.614. The van der Waals surface area contributed by atoms with Gasteiger partial charge in [-0.15, -0.1) is 0 Å². The summed E-state index contributed by atoms with van der Waals surface area (Å²) >= 11 is 0. The highest BCUT2D eigenvalue weighted by Crippen LogP contribution is 2.26. The number of hydrogen-bond acceptors (Lipinski definition) is 4. The van der Waals surface area contributed by atoms with Crippen molar-refractivity contribution in [1.29, 1.82) is 0 Å². The molecule has 1 aliphatic heterocycles. The molecule has 1 saturated heterocycles. The number of hydrogen-bond donors (Lipinski definition) is 1. The molecule has 6 heteroatoms. The van der Waals surface area contributed by atoms with Gasteiger partial charge in [0.1, 0.15) is 18.0 Å². The average Bonchev–Trinajstić information content (AvgIpc) is 2.79. The van der Waals surface area contributed by atoms with Crippen molar-refractivity contribution in [2.45, 2.75) is 32.6 Å². The van der Waals surface area contributed by atoms with E-state index in [9.17, 15) is 9.18 Å². The third-order valence-electron chi connectivity index (χ3n) is 5.81. The van der Waals surface area contributed by atoms with Gasteiger partial charge in [0.2, 0.25) is 5.91 Å². The number of aromatic nitrogens is 2. The molecule has 0 bridgehead atoms. The zero-order chi connectivity index (χ0) is 21.8. The van der Waals surface area contributed by atoms with Gasteiger partial charge in [-0.1, -0.05) is 38.1 Å². The summed E-state index contributed by atoms with van der Waals surface area (Å²) in [4.78, 5) is 23.5. The average molecular weight is 419 g/mol. The number of anilines is 2. The molecule has 0 saturated carbocycles. The van der Waals surface area contributed by atoms with E-state index in [2.05, 4.69) is 46.2 Å². The van der Waals surface area contributed by atoms with E-state index in [1.807, 2.05) is 24.3 Å². The van der Waals surface area contributed by atoms with Crippen molar-refractivity contribution in [1.82, 2.24) is 9.97 Å². The van der Waals surface area contributed by atoms with Crippen molar-refractivity contribution in [2.75, 3.05) is 23.3 Å². The van der Waals surface area contributed by atoms with E-state index in [0.29, 0.717) is 11.6 Å². The molecule has 1 aliphatic rings. The molecule has 31 heavy (non-hydrogen) atoms. The van der Waals surface area contributed by atoms with Gasteiger partial charge in [-0.2, -0.15) is 0 Å². The van der Waals surface area contributed by atoms with Gasteiger partial charge in [0, 0.05) is 36.3 Å². The Balaban J connectivity index is 1.36. The second kappa shape index (κ2) is 9.25. The first kappa shape index (κ1) is 21.0. The van der Waals surface area contributed by atoms with Crippen LogP contribution in [0.15, 0.2) is 60.9 Å². The number of carbonyl (C=O) groups excluding carboxylic acids is 1. The van der Waals surface area contributed by atoms with Gasteiger partial charge in [-0.3, -0.25) is 4.79 Å². The molecule has 160 valence electrons. The summed E-state index contributed by atoms with van der Waals surface area (Å²) in [6.07, 6.45) is 3.03. The monoisotopic (exact) mass is 418 g/mol. The van der Waals surface area contributed by atoms with Crippen molar-refractivity contribution < 1.29 is 9.18 Å². The summed E-state index contributed by atoms with van der Waals surface area (Å²) in [5.74, 6) is 1.03. The molecule has 5 nitrogen and oxygen atoms in total. The molecular formula is C25H27FN4O. The first-order valence-electron chi connectivity index (χ1n) is 10.7. The first-order valence-corrected chi connectivity index (χ1v) is 10.7. The third-order valence-corrected chi connectivity index (χ3v) is 5.81. The number of benzene rings is 2. The summed E-state index contributed by atoms with van der Waals surface area (Å²) in [5, 5.41) is 3.05. The lowest BCUT2D eigenvalue weighted by molar-refractivity contribution is -0.120. The maximum absolute atomic E-state index is 13.5. The SMILES string of the molecule is CC(C)c1ccc(NC(=O)C2CCN(c3cc(-c4cccc(F)c4)ncn3)CC2)cc1. The van der Waals surface area contributed by atoms with Crippen molar-refractivity contribution >= 4 is 17.4 Å². The normalized spacial score (nSPS) is 14.6. The van der Waals surface area contributed by atoms with Crippen LogP contribution in [0.5, 0.6) is 0 Å². The smallest absolute Gasteiger partial charge is 0.227 e.